The minimum atomic E-state index is -0.0612. The van der Waals surface area contributed by atoms with E-state index in [1.165, 1.54) is 0 Å². The van der Waals surface area contributed by atoms with Crippen molar-refractivity contribution in [3.05, 3.63) is 41.5 Å². The van der Waals surface area contributed by atoms with Crippen LogP contribution in [-0.4, -0.2) is 11.1 Å². The summed E-state index contributed by atoms with van der Waals surface area (Å²) >= 11 is 15.6. The molecule has 0 aliphatic carbocycles. The van der Waals surface area contributed by atoms with Gasteiger partial charge in [-0.25, -0.2) is 0 Å². The van der Waals surface area contributed by atoms with Crippen LogP contribution in [0.1, 0.15) is 5.56 Å². The van der Waals surface area contributed by atoms with Gasteiger partial charge in [-0.2, -0.15) is 0 Å². The topological polar surface area (TPSA) is 23.9 Å². The van der Waals surface area contributed by atoms with Gasteiger partial charge in [0.05, 0.1) is 5.88 Å². The lowest BCUT2D eigenvalue weighted by molar-refractivity contribution is 1.50. The maximum atomic E-state index is 7.31. The molecule has 0 saturated carbocycles. The van der Waals surface area contributed by atoms with Crippen LogP contribution < -0.4 is 0 Å². The number of rotatable bonds is 3. The van der Waals surface area contributed by atoms with E-state index in [-0.39, 0.29) is 11.1 Å². The van der Waals surface area contributed by atoms with Crippen molar-refractivity contribution in [2.75, 3.05) is 5.88 Å². The van der Waals surface area contributed by atoms with Gasteiger partial charge in [0, 0.05) is 10.5 Å². The van der Waals surface area contributed by atoms with Crippen LogP contribution in [0.3, 0.4) is 0 Å². The van der Waals surface area contributed by atoms with Gasteiger partial charge < -0.3 is 0 Å². The number of hydrogen-bond donors (Lipinski definition) is 2. The normalized spacial score (nSPS) is 12.2. The molecule has 1 N–H and O–H groups in total. The standard InChI is InChI=1S/C10H9Cl2NS/c11-6-8(10(12)13)9(14)7-4-2-1-3-5-7/h1-5,13-14H,6H2/b9-8-,13-10?. The number of hydrogen-bond acceptors (Lipinski definition) is 2. The number of thiol groups is 1. The molecule has 0 heterocycles. The van der Waals surface area contributed by atoms with Crippen molar-refractivity contribution < 1.29 is 0 Å². The molecule has 0 aromatic heterocycles. The van der Waals surface area contributed by atoms with Crippen molar-refractivity contribution in [3.63, 3.8) is 0 Å². The van der Waals surface area contributed by atoms with Gasteiger partial charge in [0.15, 0.2) is 0 Å². The van der Waals surface area contributed by atoms with Gasteiger partial charge >= 0.3 is 0 Å². The molecule has 14 heavy (non-hydrogen) atoms. The fourth-order valence-corrected chi connectivity index (χ4v) is 1.99. The van der Waals surface area contributed by atoms with Crippen molar-refractivity contribution in [2.24, 2.45) is 0 Å². The SMILES string of the molecule is N=C(Cl)/C(CCl)=C(\S)c1ccccc1. The van der Waals surface area contributed by atoms with Crippen molar-refractivity contribution >= 4 is 45.9 Å². The zero-order chi connectivity index (χ0) is 10.6. The smallest absolute Gasteiger partial charge is 0.126 e. The van der Waals surface area contributed by atoms with Gasteiger partial charge in [-0.05, 0) is 5.56 Å². The first kappa shape index (κ1) is 11.6. The maximum absolute atomic E-state index is 7.31. The number of allylic oxidation sites excluding steroid dienone is 1. The molecule has 1 rings (SSSR count). The molecule has 1 nitrogen and oxygen atoms in total. The highest BCUT2D eigenvalue weighted by atomic mass is 35.5. The average Bonchev–Trinajstić information content (AvgIpc) is 2.19. The highest BCUT2D eigenvalue weighted by Gasteiger charge is 2.07. The Morgan fingerprint density at radius 3 is 2.29 bits per heavy atom. The van der Waals surface area contributed by atoms with E-state index >= 15 is 0 Å². The highest BCUT2D eigenvalue weighted by molar-refractivity contribution is 7.90. The molecule has 0 fully saturated rings. The Bertz CT molecular complexity index is 360. The minimum absolute atomic E-state index is 0.0612. The molecule has 74 valence electrons. The molecule has 4 heteroatoms. The third-order valence-electron chi connectivity index (χ3n) is 1.73. The molecule has 0 amide bonds. The first-order valence-corrected chi connectivity index (χ1v) is 5.30. The van der Waals surface area contributed by atoms with Crippen LogP contribution in [0.5, 0.6) is 0 Å². The molecule has 1 aromatic carbocycles. The number of halogens is 2. The van der Waals surface area contributed by atoms with Gasteiger partial charge in [-0.3, -0.25) is 5.41 Å². The Labute approximate surface area is 98.6 Å². The quantitative estimate of drug-likeness (QED) is 0.460. The van der Waals surface area contributed by atoms with Crippen LogP contribution in [0.4, 0.5) is 0 Å². The number of alkyl halides is 1. The Kier molecular flexibility index (Phi) is 4.52. The van der Waals surface area contributed by atoms with Crippen molar-refractivity contribution in [1.29, 1.82) is 5.41 Å². The summed E-state index contributed by atoms with van der Waals surface area (Å²) in [5.41, 5.74) is 1.46. The predicted octanol–water partition coefficient (Wildman–Crippen LogP) is 3.78. The molecular formula is C10H9Cl2NS. The maximum Gasteiger partial charge on any atom is 0.126 e. The van der Waals surface area contributed by atoms with Gasteiger partial charge in [-0.1, -0.05) is 41.9 Å². The van der Waals surface area contributed by atoms with Crippen LogP contribution in [0.25, 0.3) is 4.91 Å². The van der Waals surface area contributed by atoms with E-state index < -0.39 is 0 Å². The lowest BCUT2D eigenvalue weighted by Crippen LogP contribution is -1.96. The van der Waals surface area contributed by atoms with Crippen LogP contribution in [0, 0.1) is 5.41 Å². The summed E-state index contributed by atoms with van der Waals surface area (Å²) in [5.74, 6) is 0.191. The minimum Gasteiger partial charge on any atom is -0.289 e. The zero-order valence-corrected chi connectivity index (χ0v) is 9.70. The molecule has 0 radical (unpaired) electrons. The second-order valence-corrected chi connectivity index (χ2v) is 3.73. The largest absolute Gasteiger partial charge is 0.289 e. The van der Waals surface area contributed by atoms with E-state index in [0.717, 1.165) is 5.56 Å². The molecular weight excluding hydrogens is 237 g/mol. The Balaban J connectivity index is 3.15. The Morgan fingerprint density at radius 2 is 1.86 bits per heavy atom. The third-order valence-corrected chi connectivity index (χ3v) is 2.76. The van der Waals surface area contributed by atoms with Gasteiger partial charge in [-0.15, -0.1) is 24.2 Å². The molecule has 1 aromatic rings. The summed E-state index contributed by atoms with van der Waals surface area (Å²) < 4.78 is 0. The summed E-state index contributed by atoms with van der Waals surface area (Å²) in [4.78, 5) is 0.653. The predicted molar refractivity (Wildman–Crippen MR) is 66.6 cm³/mol. The third kappa shape index (κ3) is 2.77. The van der Waals surface area contributed by atoms with E-state index in [2.05, 4.69) is 12.6 Å². The summed E-state index contributed by atoms with van der Waals surface area (Å²) in [5, 5.41) is 7.24. The van der Waals surface area contributed by atoms with Gasteiger partial charge in [0.25, 0.3) is 0 Å². The summed E-state index contributed by atoms with van der Waals surface area (Å²) in [7, 11) is 0. The molecule has 0 spiro atoms. The summed E-state index contributed by atoms with van der Waals surface area (Å²) in [6.07, 6.45) is 0. The van der Waals surface area contributed by atoms with Crippen molar-refractivity contribution in [1.82, 2.24) is 0 Å². The zero-order valence-electron chi connectivity index (χ0n) is 7.30. The first-order valence-electron chi connectivity index (χ1n) is 3.94. The second-order valence-electron chi connectivity index (χ2n) is 2.64. The number of benzene rings is 1. The van der Waals surface area contributed by atoms with Crippen LogP contribution in [0.2, 0.25) is 0 Å². The molecule has 0 aliphatic heterocycles. The number of nitrogens with one attached hydrogen (secondary N) is 1. The molecule has 0 bridgehead atoms. The molecule has 0 saturated heterocycles. The van der Waals surface area contributed by atoms with Crippen LogP contribution in [-0.2, 0) is 0 Å². The first-order chi connectivity index (χ1) is 6.66. The second kappa shape index (κ2) is 5.44. The van der Waals surface area contributed by atoms with E-state index in [0.29, 0.717) is 10.5 Å². The summed E-state index contributed by atoms with van der Waals surface area (Å²) in [6.45, 7) is 0. The molecule has 0 atom stereocenters. The van der Waals surface area contributed by atoms with E-state index in [1.54, 1.807) is 0 Å². The van der Waals surface area contributed by atoms with E-state index in [9.17, 15) is 0 Å². The highest BCUT2D eigenvalue weighted by Crippen LogP contribution is 2.24. The lowest BCUT2D eigenvalue weighted by Gasteiger charge is -2.05. The van der Waals surface area contributed by atoms with Crippen molar-refractivity contribution in [3.8, 4) is 0 Å². The fraction of sp³-hybridized carbons (Fsp3) is 0.100. The average molecular weight is 246 g/mol. The van der Waals surface area contributed by atoms with Gasteiger partial charge in [0.1, 0.15) is 5.17 Å². The molecule has 0 aliphatic rings. The fourth-order valence-electron chi connectivity index (χ4n) is 0.996. The van der Waals surface area contributed by atoms with Crippen LogP contribution >= 0.6 is 35.8 Å². The van der Waals surface area contributed by atoms with E-state index in [4.69, 9.17) is 28.6 Å². The van der Waals surface area contributed by atoms with Crippen LogP contribution in [0.15, 0.2) is 35.9 Å². The Hall–Kier alpha value is -0.440. The monoisotopic (exact) mass is 245 g/mol. The van der Waals surface area contributed by atoms with Gasteiger partial charge in [0.2, 0.25) is 0 Å². The van der Waals surface area contributed by atoms with Crippen molar-refractivity contribution in [2.45, 2.75) is 0 Å². The summed E-state index contributed by atoms with van der Waals surface area (Å²) in [6, 6.07) is 9.50. The van der Waals surface area contributed by atoms with E-state index in [1.807, 2.05) is 30.3 Å². The molecule has 0 unspecified atom stereocenters. The Morgan fingerprint density at radius 1 is 1.29 bits per heavy atom. The lowest BCUT2D eigenvalue weighted by atomic mass is 10.1.